The van der Waals surface area contributed by atoms with Crippen LogP contribution in [0.1, 0.15) is 26.2 Å². The lowest BCUT2D eigenvalue weighted by Gasteiger charge is -2.11. The third-order valence-electron chi connectivity index (χ3n) is 2.87. The number of nitrogens with one attached hydrogen (secondary N) is 2. The fourth-order valence-corrected chi connectivity index (χ4v) is 1.72. The molecular weight excluding hydrogens is 272 g/mol. The predicted octanol–water partition coefficient (Wildman–Crippen LogP) is 1.95. The van der Waals surface area contributed by atoms with Crippen molar-refractivity contribution in [2.45, 2.75) is 26.2 Å². The second kappa shape index (κ2) is 8.84. The molecule has 0 aliphatic rings. The number of methoxy groups -OCH3 is 2. The molecule has 0 saturated carbocycles. The smallest absolute Gasteiger partial charge is 0.243 e. The van der Waals surface area contributed by atoms with Crippen LogP contribution in [0.4, 0.5) is 5.69 Å². The summed E-state index contributed by atoms with van der Waals surface area (Å²) in [7, 11) is 3.07. The first-order valence-corrected chi connectivity index (χ1v) is 6.89. The molecule has 0 aliphatic carbocycles. The number of rotatable bonds is 8. The Bertz CT molecular complexity index is 489. The average molecular weight is 294 g/mol. The van der Waals surface area contributed by atoms with E-state index in [1.54, 1.807) is 25.3 Å². The highest BCUT2D eigenvalue weighted by Gasteiger charge is 2.08. The van der Waals surface area contributed by atoms with E-state index in [1.165, 1.54) is 7.11 Å². The molecule has 0 spiro atoms. The van der Waals surface area contributed by atoms with Gasteiger partial charge in [-0.2, -0.15) is 0 Å². The number of anilines is 1. The maximum Gasteiger partial charge on any atom is 0.243 e. The Kier molecular flexibility index (Phi) is 7.08. The van der Waals surface area contributed by atoms with E-state index in [1.807, 2.05) is 6.92 Å². The van der Waals surface area contributed by atoms with Crippen molar-refractivity contribution in [3.63, 3.8) is 0 Å². The van der Waals surface area contributed by atoms with Crippen molar-refractivity contribution >= 4 is 17.5 Å². The molecule has 0 fully saturated rings. The molecule has 0 atom stereocenters. The monoisotopic (exact) mass is 294 g/mol. The first-order chi connectivity index (χ1) is 10.1. The molecule has 0 heterocycles. The molecule has 6 nitrogen and oxygen atoms in total. The fourth-order valence-electron chi connectivity index (χ4n) is 1.72. The Morgan fingerprint density at radius 1 is 1.10 bits per heavy atom. The minimum atomic E-state index is -0.285. The number of amides is 2. The number of hydrogen-bond donors (Lipinski definition) is 2. The SMILES string of the molecule is CCCCC(=O)NCC(=O)Nc1ccc(OC)c(OC)c1. The van der Waals surface area contributed by atoms with Gasteiger partial charge in [-0.05, 0) is 18.6 Å². The summed E-state index contributed by atoms with van der Waals surface area (Å²) in [5.74, 6) is 0.719. The van der Waals surface area contributed by atoms with Gasteiger partial charge in [-0.3, -0.25) is 9.59 Å². The highest BCUT2D eigenvalue weighted by atomic mass is 16.5. The van der Waals surface area contributed by atoms with E-state index in [0.29, 0.717) is 23.6 Å². The van der Waals surface area contributed by atoms with E-state index in [9.17, 15) is 9.59 Å². The molecule has 0 bridgehead atoms. The standard InChI is InChI=1S/C15H22N2O4/c1-4-5-6-14(18)16-10-15(19)17-11-7-8-12(20-2)13(9-11)21-3/h7-9H,4-6,10H2,1-3H3,(H,16,18)(H,17,19). The second-order valence-corrected chi connectivity index (χ2v) is 4.50. The Hall–Kier alpha value is -2.24. The maximum atomic E-state index is 11.7. The molecule has 1 aromatic carbocycles. The van der Waals surface area contributed by atoms with Crippen LogP contribution in [-0.2, 0) is 9.59 Å². The predicted molar refractivity (Wildman–Crippen MR) is 80.7 cm³/mol. The Morgan fingerprint density at radius 3 is 2.43 bits per heavy atom. The number of hydrogen-bond acceptors (Lipinski definition) is 4. The summed E-state index contributed by atoms with van der Waals surface area (Å²) < 4.78 is 10.3. The number of carbonyl (C=O) groups is 2. The van der Waals surface area contributed by atoms with Gasteiger partial charge < -0.3 is 20.1 Å². The van der Waals surface area contributed by atoms with E-state index in [2.05, 4.69) is 10.6 Å². The first-order valence-electron chi connectivity index (χ1n) is 6.89. The Morgan fingerprint density at radius 2 is 1.81 bits per heavy atom. The van der Waals surface area contributed by atoms with Gasteiger partial charge in [0.15, 0.2) is 11.5 Å². The van der Waals surface area contributed by atoms with Gasteiger partial charge in [0, 0.05) is 18.2 Å². The van der Waals surface area contributed by atoms with Crippen molar-refractivity contribution in [1.29, 1.82) is 0 Å². The number of benzene rings is 1. The quantitative estimate of drug-likeness (QED) is 0.768. The molecule has 116 valence electrons. The molecule has 0 saturated heterocycles. The van der Waals surface area contributed by atoms with Gasteiger partial charge in [0.25, 0.3) is 0 Å². The van der Waals surface area contributed by atoms with Crippen molar-refractivity contribution in [3.8, 4) is 11.5 Å². The lowest BCUT2D eigenvalue weighted by atomic mass is 10.2. The molecule has 0 aromatic heterocycles. The molecule has 6 heteroatoms. The third kappa shape index (κ3) is 5.72. The zero-order valence-electron chi connectivity index (χ0n) is 12.7. The van der Waals surface area contributed by atoms with Crippen LogP contribution < -0.4 is 20.1 Å². The van der Waals surface area contributed by atoms with E-state index < -0.39 is 0 Å². The summed E-state index contributed by atoms with van der Waals surface area (Å²) in [5, 5.41) is 5.27. The van der Waals surface area contributed by atoms with Crippen LogP contribution >= 0.6 is 0 Å². The Balaban J connectivity index is 2.49. The first kappa shape index (κ1) is 16.8. The van der Waals surface area contributed by atoms with Gasteiger partial charge in [0.2, 0.25) is 11.8 Å². The number of ether oxygens (including phenoxy) is 2. The van der Waals surface area contributed by atoms with E-state index in [4.69, 9.17) is 9.47 Å². The minimum Gasteiger partial charge on any atom is -0.493 e. The van der Waals surface area contributed by atoms with Crippen molar-refractivity contribution in [3.05, 3.63) is 18.2 Å². The average Bonchev–Trinajstić information content (AvgIpc) is 2.50. The van der Waals surface area contributed by atoms with Gasteiger partial charge in [-0.1, -0.05) is 13.3 Å². The van der Waals surface area contributed by atoms with Crippen LogP contribution in [0, 0.1) is 0 Å². The van der Waals surface area contributed by atoms with Crippen LogP contribution in [0.5, 0.6) is 11.5 Å². The van der Waals surface area contributed by atoms with Crippen LogP contribution in [0.15, 0.2) is 18.2 Å². The van der Waals surface area contributed by atoms with Gasteiger partial charge in [0.1, 0.15) is 0 Å². The zero-order valence-corrected chi connectivity index (χ0v) is 12.7. The van der Waals surface area contributed by atoms with E-state index in [0.717, 1.165) is 12.8 Å². The molecule has 0 unspecified atom stereocenters. The summed E-state index contributed by atoms with van der Waals surface area (Å²) in [6, 6.07) is 5.07. The van der Waals surface area contributed by atoms with Crippen LogP contribution in [0.25, 0.3) is 0 Å². The summed E-state index contributed by atoms with van der Waals surface area (Å²) in [4.78, 5) is 23.2. The lowest BCUT2D eigenvalue weighted by Crippen LogP contribution is -2.32. The zero-order chi connectivity index (χ0) is 15.7. The van der Waals surface area contributed by atoms with Crippen molar-refractivity contribution < 1.29 is 19.1 Å². The summed E-state index contributed by atoms with van der Waals surface area (Å²) in [6.45, 7) is 1.97. The molecule has 21 heavy (non-hydrogen) atoms. The van der Waals surface area contributed by atoms with Crippen LogP contribution in [0.2, 0.25) is 0 Å². The van der Waals surface area contributed by atoms with Gasteiger partial charge >= 0.3 is 0 Å². The summed E-state index contributed by atoms with van der Waals surface area (Å²) in [5.41, 5.74) is 0.584. The molecule has 2 amide bonds. The largest absolute Gasteiger partial charge is 0.493 e. The van der Waals surface area contributed by atoms with E-state index in [-0.39, 0.29) is 18.4 Å². The van der Waals surface area contributed by atoms with Gasteiger partial charge in [-0.15, -0.1) is 0 Å². The highest BCUT2D eigenvalue weighted by Crippen LogP contribution is 2.29. The summed E-state index contributed by atoms with van der Waals surface area (Å²) >= 11 is 0. The third-order valence-corrected chi connectivity index (χ3v) is 2.87. The normalized spacial score (nSPS) is 9.86. The molecular formula is C15H22N2O4. The second-order valence-electron chi connectivity index (χ2n) is 4.50. The topological polar surface area (TPSA) is 76.7 Å². The molecule has 2 N–H and O–H groups in total. The minimum absolute atomic E-state index is 0.0447. The van der Waals surface area contributed by atoms with Crippen molar-refractivity contribution in [2.24, 2.45) is 0 Å². The van der Waals surface area contributed by atoms with Crippen molar-refractivity contribution in [1.82, 2.24) is 5.32 Å². The highest BCUT2D eigenvalue weighted by molar-refractivity contribution is 5.94. The maximum absolute atomic E-state index is 11.7. The lowest BCUT2D eigenvalue weighted by molar-refractivity contribution is -0.124. The number of unbranched alkanes of at least 4 members (excludes halogenated alkanes) is 1. The Labute approximate surface area is 124 Å². The van der Waals surface area contributed by atoms with Crippen LogP contribution in [-0.4, -0.2) is 32.6 Å². The molecule has 1 aromatic rings. The number of carbonyl (C=O) groups excluding carboxylic acids is 2. The van der Waals surface area contributed by atoms with Gasteiger partial charge in [-0.25, -0.2) is 0 Å². The van der Waals surface area contributed by atoms with E-state index >= 15 is 0 Å². The summed E-state index contributed by atoms with van der Waals surface area (Å²) in [6.07, 6.45) is 2.22. The molecule has 0 radical (unpaired) electrons. The molecule has 1 rings (SSSR count). The van der Waals surface area contributed by atoms with Crippen LogP contribution in [0.3, 0.4) is 0 Å². The molecule has 0 aliphatic heterocycles. The van der Waals surface area contributed by atoms with Crippen molar-refractivity contribution in [2.75, 3.05) is 26.1 Å². The van der Waals surface area contributed by atoms with Gasteiger partial charge in [0.05, 0.1) is 20.8 Å². The fraction of sp³-hybridized carbons (Fsp3) is 0.467.